The van der Waals surface area contributed by atoms with E-state index in [1.54, 1.807) is 0 Å². The number of para-hydroxylation sites is 1. The molecule has 0 saturated heterocycles. The molecule has 2 aromatic carbocycles. The molecule has 0 atom stereocenters. The zero-order valence-electron chi connectivity index (χ0n) is 18.1. The van der Waals surface area contributed by atoms with Crippen molar-refractivity contribution in [3.63, 3.8) is 0 Å². The standard InChI is InChI=1S/C24H19Cl2F2N3O3/c1-4-21(32)30-17-7-5-6-15(27)24(17)31-20-9-8-13(12-29-20)16(28)10-14-22(25)18(33-2)11-19(34-3)23(14)26/h4-12H,1H2,2-3H3,(H,29,31)(H,30,32)/b16-10-. The predicted octanol–water partition coefficient (Wildman–Crippen LogP) is 6.88. The Labute approximate surface area is 204 Å². The number of hydrogen-bond donors (Lipinski definition) is 2. The number of amides is 1. The number of benzene rings is 2. The molecular formula is C24H19Cl2F2N3O3. The van der Waals surface area contributed by atoms with Crippen LogP contribution in [-0.4, -0.2) is 25.1 Å². The van der Waals surface area contributed by atoms with Crippen LogP contribution in [0.4, 0.5) is 26.0 Å². The molecule has 0 aliphatic heterocycles. The van der Waals surface area contributed by atoms with Gasteiger partial charge < -0.3 is 20.1 Å². The van der Waals surface area contributed by atoms with E-state index in [1.807, 2.05) is 0 Å². The van der Waals surface area contributed by atoms with Crippen molar-refractivity contribution in [2.75, 3.05) is 24.9 Å². The number of nitrogens with zero attached hydrogens (tertiary/aromatic N) is 1. The van der Waals surface area contributed by atoms with Crippen molar-refractivity contribution in [1.82, 2.24) is 4.98 Å². The van der Waals surface area contributed by atoms with Crippen molar-refractivity contribution in [3.8, 4) is 11.5 Å². The van der Waals surface area contributed by atoms with E-state index in [2.05, 4.69) is 22.2 Å². The summed E-state index contributed by atoms with van der Waals surface area (Å²) in [5, 5.41) is 5.52. The minimum atomic E-state index is -0.678. The van der Waals surface area contributed by atoms with Crippen LogP contribution in [-0.2, 0) is 4.79 Å². The molecule has 176 valence electrons. The smallest absolute Gasteiger partial charge is 0.247 e. The van der Waals surface area contributed by atoms with Gasteiger partial charge in [0.2, 0.25) is 5.91 Å². The van der Waals surface area contributed by atoms with E-state index in [0.29, 0.717) is 0 Å². The number of halogens is 4. The number of anilines is 3. The van der Waals surface area contributed by atoms with Crippen LogP contribution in [0.1, 0.15) is 11.1 Å². The van der Waals surface area contributed by atoms with Crippen molar-refractivity contribution in [3.05, 3.63) is 82.2 Å². The van der Waals surface area contributed by atoms with Crippen molar-refractivity contribution >= 4 is 58.2 Å². The fourth-order valence-electron chi connectivity index (χ4n) is 2.92. The number of methoxy groups -OCH3 is 2. The molecule has 3 rings (SSSR count). The van der Waals surface area contributed by atoms with Crippen LogP contribution >= 0.6 is 23.2 Å². The first-order valence-corrected chi connectivity index (χ1v) is 10.5. The van der Waals surface area contributed by atoms with Crippen molar-refractivity contribution < 1.29 is 23.0 Å². The fraction of sp³-hybridized carbons (Fsp3) is 0.0833. The largest absolute Gasteiger partial charge is 0.495 e. The van der Waals surface area contributed by atoms with Gasteiger partial charge in [-0.2, -0.15) is 0 Å². The van der Waals surface area contributed by atoms with Crippen LogP contribution < -0.4 is 20.1 Å². The molecule has 0 saturated carbocycles. The molecule has 1 amide bonds. The lowest BCUT2D eigenvalue weighted by Gasteiger charge is -2.13. The Morgan fingerprint density at radius 3 is 2.35 bits per heavy atom. The predicted molar refractivity (Wildman–Crippen MR) is 131 cm³/mol. The lowest BCUT2D eigenvalue weighted by atomic mass is 10.1. The Hall–Kier alpha value is -3.62. The molecule has 2 N–H and O–H groups in total. The number of carbonyl (C=O) groups excluding carboxylic acids is 1. The highest BCUT2D eigenvalue weighted by molar-refractivity contribution is 6.39. The average molecular weight is 506 g/mol. The molecule has 0 unspecified atom stereocenters. The van der Waals surface area contributed by atoms with Crippen molar-refractivity contribution in [1.29, 1.82) is 0 Å². The summed E-state index contributed by atoms with van der Waals surface area (Å²) in [5.41, 5.74) is 0.482. The van der Waals surface area contributed by atoms with E-state index >= 15 is 4.39 Å². The van der Waals surface area contributed by atoms with Gasteiger partial charge in [0.15, 0.2) is 0 Å². The Kier molecular flexibility index (Phi) is 8.09. The van der Waals surface area contributed by atoms with Crippen LogP contribution in [0.3, 0.4) is 0 Å². The van der Waals surface area contributed by atoms with Gasteiger partial charge in [-0.1, -0.05) is 35.8 Å². The fourth-order valence-corrected chi connectivity index (χ4v) is 3.53. The lowest BCUT2D eigenvalue weighted by Crippen LogP contribution is -2.10. The third-order valence-corrected chi connectivity index (χ3v) is 5.41. The van der Waals surface area contributed by atoms with E-state index in [1.165, 1.54) is 56.8 Å². The van der Waals surface area contributed by atoms with Crippen LogP contribution in [0.2, 0.25) is 10.0 Å². The van der Waals surface area contributed by atoms with Gasteiger partial charge in [0.05, 0.1) is 35.6 Å². The number of carbonyl (C=O) groups is 1. The first-order chi connectivity index (χ1) is 16.3. The maximum atomic E-state index is 15.0. The summed E-state index contributed by atoms with van der Waals surface area (Å²) in [5.74, 6) is -1.05. The Morgan fingerprint density at radius 2 is 1.79 bits per heavy atom. The summed E-state index contributed by atoms with van der Waals surface area (Å²) in [6, 6.07) is 8.56. The summed E-state index contributed by atoms with van der Waals surface area (Å²) in [6.45, 7) is 3.37. The topological polar surface area (TPSA) is 72.5 Å². The van der Waals surface area contributed by atoms with Gasteiger partial charge in [0.25, 0.3) is 0 Å². The zero-order chi connectivity index (χ0) is 24.8. The van der Waals surface area contributed by atoms with E-state index in [4.69, 9.17) is 32.7 Å². The quantitative estimate of drug-likeness (QED) is 0.326. The number of ether oxygens (including phenoxy) is 2. The Balaban J connectivity index is 1.90. The van der Waals surface area contributed by atoms with Crippen LogP contribution in [0, 0.1) is 5.82 Å². The molecule has 1 aromatic heterocycles. The monoisotopic (exact) mass is 505 g/mol. The highest BCUT2D eigenvalue weighted by Gasteiger charge is 2.17. The van der Waals surface area contributed by atoms with Crippen LogP contribution in [0.25, 0.3) is 11.9 Å². The molecular weight excluding hydrogens is 487 g/mol. The van der Waals surface area contributed by atoms with Crippen molar-refractivity contribution in [2.45, 2.75) is 0 Å². The third kappa shape index (κ3) is 5.47. The normalized spacial score (nSPS) is 11.1. The molecule has 34 heavy (non-hydrogen) atoms. The molecule has 0 spiro atoms. The molecule has 1 heterocycles. The summed E-state index contributed by atoms with van der Waals surface area (Å²) < 4.78 is 39.7. The maximum Gasteiger partial charge on any atom is 0.247 e. The Morgan fingerprint density at radius 1 is 1.12 bits per heavy atom. The minimum Gasteiger partial charge on any atom is -0.495 e. The lowest BCUT2D eigenvalue weighted by molar-refractivity contribution is -0.111. The second-order valence-corrected chi connectivity index (χ2v) is 7.48. The molecule has 3 aromatic rings. The second-order valence-electron chi connectivity index (χ2n) is 6.73. The number of hydrogen-bond acceptors (Lipinski definition) is 5. The van der Waals surface area contributed by atoms with Gasteiger partial charge in [-0.15, -0.1) is 0 Å². The molecule has 0 aliphatic carbocycles. The minimum absolute atomic E-state index is 0.00370. The van der Waals surface area contributed by atoms with Gasteiger partial charge in [-0.3, -0.25) is 4.79 Å². The second kappa shape index (κ2) is 11.0. The molecule has 0 aliphatic rings. The molecule has 0 bridgehead atoms. The summed E-state index contributed by atoms with van der Waals surface area (Å²) in [7, 11) is 2.83. The van der Waals surface area contributed by atoms with Gasteiger partial charge in [0, 0.05) is 23.4 Å². The van der Waals surface area contributed by atoms with Gasteiger partial charge in [-0.05, 0) is 36.4 Å². The first kappa shape index (κ1) is 25.0. The van der Waals surface area contributed by atoms with Crippen molar-refractivity contribution in [2.24, 2.45) is 0 Å². The molecule has 0 radical (unpaired) electrons. The highest BCUT2D eigenvalue weighted by Crippen LogP contribution is 2.42. The van der Waals surface area contributed by atoms with Gasteiger partial charge >= 0.3 is 0 Å². The maximum absolute atomic E-state index is 15.0. The average Bonchev–Trinajstić information content (AvgIpc) is 2.84. The number of nitrogens with one attached hydrogen (secondary N) is 2. The Bertz CT molecular complexity index is 1240. The number of pyridine rings is 1. The molecule has 6 nitrogen and oxygen atoms in total. The third-order valence-electron chi connectivity index (χ3n) is 4.63. The van der Waals surface area contributed by atoms with Crippen LogP contribution in [0.5, 0.6) is 11.5 Å². The van der Waals surface area contributed by atoms with E-state index in [0.717, 1.165) is 12.2 Å². The van der Waals surface area contributed by atoms with E-state index in [-0.39, 0.29) is 49.9 Å². The van der Waals surface area contributed by atoms with E-state index in [9.17, 15) is 9.18 Å². The highest BCUT2D eigenvalue weighted by atomic mass is 35.5. The summed E-state index contributed by atoms with van der Waals surface area (Å²) in [4.78, 5) is 15.7. The number of aromatic nitrogens is 1. The number of rotatable bonds is 8. The van der Waals surface area contributed by atoms with Gasteiger partial charge in [0.1, 0.15) is 29.0 Å². The zero-order valence-corrected chi connectivity index (χ0v) is 19.6. The summed E-state index contributed by atoms with van der Waals surface area (Å²) in [6.07, 6.45) is 3.45. The van der Waals surface area contributed by atoms with Crippen LogP contribution in [0.15, 0.2) is 55.3 Å². The molecule has 0 fully saturated rings. The molecule has 10 heteroatoms. The summed E-state index contributed by atoms with van der Waals surface area (Å²) >= 11 is 12.6. The van der Waals surface area contributed by atoms with E-state index < -0.39 is 17.6 Å². The first-order valence-electron chi connectivity index (χ1n) is 9.71. The van der Waals surface area contributed by atoms with Gasteiger partial charge in [-0.25, -0.2) is 13.8 Å². The SMILES string of the molecule is C=CC(=O)Nc1cccc(F)c1Nc1ccc(/C(F)=C/c2c(Cl)c(OC)cc(OC)c2Cl)cn1.